The Morgan fingerprint density at radius 1 is 0.826 bits per heavy atom. The van der Waals surface area contributed by atoms with Gasteiger partial charge in [0.2, 0.25) is 10.0 Å². The second-order valence-electron chi connectivity index (χ2n) is 5.16. The van der Waals surface area contributed by atoms with Crippen LogP contribution in [0.4, 0.5) is 0 Å². The summed E-state index contributed by atoms with van der Waals surface area (Å²) in [6.07, 6.45) is 1.09. The number of sulfonamides is 1. The Morgan fingerprint density at radius 2 is 1.35 bits per heavy atom. The molecule has 7 heteroatoms. The molecule has 2 aromatic rings. The molecule has 5 nitrogen and oxygen atoms in total. The summed E-state index contributed by atoms with van der Waals surface area (Å²) < 4.78 is 49.7. The van der Waals surface area contributed by atoms with Gasteiger partial charge in [-0.05, 0) is 29.8 Å². The Labute approximate surface area is 137 Å². The van der Waals surface area contributed by atoms with E-state index in [0.717, 1.165) is 11.8 Å². The van der Waals surface area contributed by atoms with Gasteiger partial charge in [-0.1, -0.05) is 37.3 Å². The van der Waals surface area contributed by atoms with E-state index in [1.807, 2.05) is 30.3 Å². The lowest BCUT2D eigenvalue weighted by Crippen LogP contribution is -2.30. The van der Waals surface area contributed by atoms with Crippen LogP contribution < -0.4 is 0 Å². The first-order valence-electron chi connectivity index (χ1n) is 7.09. The number of sulfone groups is 1. The fourth-order valence-electron chi connectivity index (χ4n) is 2.16. The highest BCUT2D eigenvalue weighted by Gasteiger charge is 2.23. The van der Waals surface area contributed by atoms with Crippen LogP contribution in [0.5, 0.6) is 0 Å². The lowest BCUT2D eigenvalue weighted by atomic mass is 10.2. The van der Waals surface area contributed by atoms with Crippen LogP contribution in [0.3, 0.4) is 0 Å². The van der Waals surface area contributed by atoms with E-state index >= 15 is 0 Å². The minimum Gasteiger partial charge on any atom is -0.224 e. The van der Waals surface area contributed by atoms with Gasteiger partial charge in [-0.3, -0.25) is 0 Å². The largest absolute Gasteiger partial charge is 0.243 e. The number of rotatable bonds is 6. The van der Waals surface area contributed by atoms with Crippen LogP contribution in [0.25, 0.3) is 0 Å². The van der Waals surface area contributed by atoms with Gasteiger partial charge in [0.15, 0.2) is 9.84 Å². The van der Waals surface area contributed by atoms with Crippen LogP contribution in [0.1, 0.15) is 12.5 Å². The van der Waals surface area contributed by atoms with Crippen LogP contribution in [-0.4, -0.2) is 33.9 Å². The Hall–Kier alpha value is -1.70. The topological polar surface area (TPSA) is 71.5 Å². The molecule has 0 saturated heterocycles. The fourth-order valence-corrected chi connectivity index (χ4v) is 4.23. The number of benzene rings is 2. The first kappa shape index (κ1) is 17.7. The highest BCUT2D eigenvalue weighted by atomic mass is 32.2. The standard InChI is InChI=1S/C16H19NO4S2/c1-3-17(13-14-7-5-4-6-8-14)23(20,21)16-11-9-15(10-12-16)22(2,18)19/h4-12H,3,13H2,1-2H3. The van der Waals surface area contributed by atoms with Gasteiger partial charge in [-0.15, -0.1) is 0 Å². The molecule has 0 unspecified atom stereocenters. The third kappa shape index (κ3) is 4.19. The van der Waals surface area contributed by atoms with E-state index in [0.29, 0.717) is 6.54 Å². The normalized spacial score (nSPS) is 12.5. The van der Waals surface area contributed by atoms with Crippen molar-refractivity contribution in [3.63, 3.8) is 0 Å². The maximum atomic E-state index is 12.7. The van der Waals surface area contributed by atoms with Gasteiger partial charge >= 0.3 is 0 Å². The molecule has 0 aliphatic heterocycles. The summed E-state index contributed by atoms with van der Waals surface area (Å²) >= 11 is 0. The Bertz CT molecular complexity index is 858. The molecule has 0 spiro atoms. The molecule has 0 aromatic heterocycles. The van der Waals surface area contributed by atoms with E-state index < -0.39 is 19.9 Å². The zero-order valence-corrected chi connectivity index (χ0v) is 14.6. The lowest BCUT2D eigenvalue weighted by molar-refractivity contribution is 0.423. The van der Waals surface area contributed by atoms with E-state index in [9.17, 15) is 16.8 Å². The highest BCUT2D eigenvalue weighted by molar-refractivity contribution is 7.90. The zero-order chi connectivity index (χ0) is 17.1. The Morgan fingerprint density at radius 3 is 1.83 bits per heavy atom. The van der Waals surface area contributed by atoms with Crippen LogP contribution in [0.15, 0.2) is 64.4 Å². The fraction of sp³-hybridized carbons (Fsp3) is 0.250. The molecule has 0 aliphatic carbocycles. The molecule has 0 aliphatic rings. The third-order valence-corrected chi connectivity index (χ3v) is 6.51. The molecule has 0 fully saturated rings. The van der Waals surface area contributed by atoms with Crippen LogP contribution in [0, 0.1) is 0 Å². The smallest absolute Gasteiger partial charge is 0.224 e. The van der Waals surface area contributed by atoms with Crippen molar-refractivity contribution in [1.29, 1.82) is 0 Å². The van der Waals surface area contributed by atoms with E-state index in [4.69, 9.17) is 0 Å². The molecular formula is C16H19NO4S2. The lowest BCUT2D eigenvalue weighted by Gasteiger charge is -2.20. The van der Waals surface area contributed by atoms with Gasteiger partial charge in [0.05, 0.1) is 9.79 Å². The van der Waals surface area contributed by atoms with Gasteiger partial charge in [-0.25, -0.2) is 16.8 Å². The summed E-state index contributed by atoms with van der Waals surface area (Å²) in [6.45, 7) is 2.36. The van der Waals surface area contributed by atoms with Crippen molar-refractivity contribution in [2.24, 2.45) is 0 Å². The zero-order valence-electron chi connectivity index (χ0n) is 13.0. The van der Waals surface area contributed by atoms with Gasteiger partial charge in [0.1, 0.15) is 0 Å². The van der Waals surface area contributed by atoms with Crippen molar-refractivity contribution in [2.75, 3.05) is 12.8 Å². The molecule has 2 aromatic carbocycles. The van der Waals surface area contributed by atoms with Crippen molar-refractivity contribution in [3.05, 3.63) is 60.2 Å². The van der Waals surface area contributed by atoms with Gasteiger partial charge in [0.25, 0.3) is 0 Å². The van der Waals surface area contributed by atoms with Crippen molar-refractivity contribution >= 4 is 19.9 Å². The van der Waals surface area contributed by atoms with Crippen LogP contribution >= 0.6 is 0 Å². The number of hydrogen-bond acceptors (Lipinski definition) is 4. The van der Waals surface area contributed by atoms with Crippen molar-refractivity contribution in [3.8, 4) is 0 Å². The molecular weight excluding hydrogens is 334 g/mol. The van der Waals surface area contributed by atoms with Crippen molar-refractivity contribution in [1.82, 2.24) is 4.31 Å². The maximum Gasteiger partial charge on any atom is 0.243 e. The third-order valence-electron chi connectivity index (χ3n) is 3.44. The van der Waals surface area contributed by atoms with Crippen LogP contribution in [0.2, 0.25) is 0 Å². The molecule has 0 heterocycles. The second-order valence-corrected chi connectivity index (χ2v) is 9.11. The summed E-state index contributed by atoms with van der Waals surface area (Å²) in [6, 6.07) is 14.6. The molecule has 23 heavy (non-hydrogen) atoms. The molecule has 124 valence electrons. The predicted molar refractivity (Wildman–Crippen MR) is 89.3 cm³/mol. The summed E-state index contributed by atoms with van der Waals surface area (Å²) in [4.78, 5) is 0.185. The molecule has 0 saturated carbocycles. The van der Waals surface area contributed by atoms with E-state index in [1.54, 1.807) is 6.92 Å². The average molecular weight is 353 g/mol. The quantitative estimate of drug-likeness (QED) is 0.799. The summed E-state index contributed by atoms with van der Waals surface area (Å²) in [7, 11) is -7.02. The summed E-state index contributed by atoms with van der Waals surface area (Å²) in [5.41, 5.74) is 0.894. The van der Waals surface area contributed by atoms with Gasteiger partial charge in [-0.2, -0.15) is 4.31 Å². The Kier molecular flexibility index (Phi) is 5.23. The van der Waals surface area contributed by atoms with Gasteiger partial charge in [0, 0.05) is 19.3 Å². The van der Waals surface area contributed by atoms with Crippen molar-refractivity contribution < 1.29 is 16.8 Å². The van der Waals surface area contributed by atoms with Gasteiger partial charge < -0.3 is 0 Å². The van der Waals surface area contributed by atoms with Crippen LogP contribution in [-0.2, 0) is 26.4 Å². The Balaban J connectivity index is 2.32. The number of hydrogen-bond donors (Lipinski definition) is 0. The highest BCUT2D eigenvalue weighted by Crippen LogP contribution is 2.20. The molecule has 2 rings (SSSR count). The molecule has 0 N–H and O–H groups in total. The van der Waals surface area contributed by atoms with E-state index in [2.05, 4.69) is 0 Å². The van der Waals surface area contributed by atoms with Crippen molar-refractivity contribution in [2.45, 2.75) is 23.3 Å². The second kappa shape index (κ2) is 6.82. The van der Waals surface area contributed by atoms with E-state index in [-0.39, 0.29) is 16.3 Å². The first-order valence-corrected chi connectivity index (χ1v) is 10.4. The SMILES string of the molecule is CCN(Cc1ccccc1)S(=O)(=O)c1ccc(S(C)(=O)=O)cc1. The number of nitrogens with zero attached hydrogens (tertiary/aromatic N) is 1. The first-order chi connectivity index (χ1) is 10.7. The summed E-state index contributed by atoms with van der Waals surface area (Å²) in [5.74, 6) is 0. The minimum absolute atomic E-state index is 0.0858. The predicted octanol–water partition coefficient (Wildman–Crippen LogP) is 2.30. The van der Waals surface area contributed by atoms with E-state index in [1.165, 1.54) is 28.6 Å². The minimum atomic E-state index is -3.67. The summed E-state index contributed by atoms with van der Waals surface area (Å²) in [5, 5.41) is 0. The molecule has 0 radical (unpaired) electrons. The average Bonchev–Trinajstić information content (AvgIpc) is 2.52. The molecule has 0 atom stereocenters. The monoisotopic (exact) mass is 353 g/mol. The molecule has 0 amide bonds. The molecule has 0 bridgehead atoms. The maximum absolute atomic E-state index is 12.7.